The monoisotopic (exact) mass is 371 g/mol. The smallest absolute Gasteiger partial charge is 0.262 e. The number of carbonyl (C=O) groups excluding carboxylic acids is 1. The van der Waals surface area contributed by atoms with Gasteiger partial charge in [-0.05, 0) is 24.3 Å². The van der Waals surface area contributed by atoms with E-state index in [9.17, 15) is 4.79 Å². The quantitative estimate of drug-likeness (QED) is 0.874. The molecule has 0 atom stereocenters. The number of nitriles is 1. The Balaban J connectivity index is 1.69. The first-order valence-corrected chi connectivity index (χ1v) is 8.60. The van der Waals surface area contributed by atoms with Gasteiger partial charge in [0.1, 0.15) is 11.8 Å². The van der Waals surface area contributed by atoms with Gasteiger partial charge in [0.05, 0.1) is 35.2 Å². The van der Waals surface area contributed by atoms with Gasteiger partial charge in [0.25, 0.3) is 5.91 Å². The largest absolute Gasteiger partial charge is 0.482 e. The third-order valence-electron chi connectivity index (χ3n) is 3.95. The van der Waals surface area contributed by atoms with E-state index in [1.165, 1.54) is 0 Å². The lowest BCUT2D eigenvalue weighted by molar-refractivity contribution is -0.118. The van der Waals surface area contributed by atoms with Crippen molar-refractivity contribution in [1.29, 1.82) is 5.26 Å². The van der Waals surface area contributed by atoms with Crippen LogP contribution in [0.15, 0.2) is 42.5 Å². The Morgan fingerprint density at radius 1 is 1.23 bits per heavy atom. The van der Waals surface area contributed by atoms with Crippen LogP contribution < -0.4 is 15.0 Å². The van der Waals surface area contributed by atoms with E-state index in [0.717, 1.165) is 5.69 Å². The molecule has 0 aromatic heterocycles. The van der Waals surface area contributed by atoms with E-state index < -0.39 is 0 Å². The van der Waals surface area contributed by atoms with Gasteiger partial charge in [0, 0.05) is 13.1 Å². The molecular weight excluding hydrogens is 354 g/mol. The fraction of sp³-hybridized carbons (Fsp3) is 0.263. The number of rotatable bonds is 5. The van der Waals surface area contributed by atoms with E-state index in [1.807, 2.05) is 6.07 Å². The zero-order valence-corrected chi connectivity index (χ0v) is 14.8. The normalized spacial score (nSPS) is 13.8. The van der Waals surface area contributed by atoms with Crippen molar-refractivity contribution in [2.24, 2.45) is 0 Å². The minimum atomic E-state index is -0.325. The van der Waals surface area contributed by atoms with Crippen molar-refractivity contribution in [1.82, 2.24) is 0 Å². The number of nitrogens with zero attached hydrogens (tertiary/aromatic N) is 2. The van der Waals surface area contributed by atoms with Gasteiger partial charge in [-0.25, -0.2) is 0 Å². The molecule has 1 amide bonds. The average Bonchev–Trinajstić information content (AvgIpc) is 2.67. The number of morpholine rings is 1. The third kappa shape index (κ3) is 4.26. The Hall–Kier alpha value is -2.75. The van der Waals surface area contributed by atoms with Gasteiger partial charge in [-0.15, -0.1) is 0 Å². The van der Waals surface area contributed by atoms with Crippen molar-refractivity contribution >= 4 is 28.9 Å². The molecule has 7 heteroatoms. The number of anilines is 2. The van der Waals surface area contributed by atoms with Crippen LogP contribution >= 0.6 is 11.6 Å². The van der Waals surface area contributed by atoms with Crippen LogP contribution in [0.4, 0.5) is 11.4 Å². The van der Waals surface area contributed by atoms with Crippen molar-refractivity contribution in [2.75, 3.05) is 43.1 Å². The maximum atomic E-state index is 12.3. The molecule has 0 aliphatic carbocycles. The number of benzene rings is 2. The minimum absolute atomic E-state index is 0.201. The van der Waals surface area contributed by atoms with Crippen LogP contribution in [0.1, 0.15) is 5.56 Å². The van der Waals surface area contributed by atoms with E-state index in [1.54, 1.807) is 42.5 Å². The molecule has 2 aromatic carbocycles. The molecule has 0 saturated carbocycles. The lowest BCUT2D eigenvalue weighted by Crippen LogP contribution is -2.37. The van der Waals surface area contributed by atoms with Crippen molar-refractivity contribution in [3.8, 4) is 11.8 Å². The third-order valence-corrected chi connectivity index (χ3v) is 4.26. The number of hydrogen-bond donors (Lipinski definition) is 1. The first-order chi connectivity index (χ1) is 12.7. The molecule has 1 aliphatic rings. The van der Waals surface area contributed by atoms with Crippen LogP contribution in [0.2, 0.25) is 5.02 Å². The molecule has 1 fully saturated rings. The standard InChI is InChI=1S/C19H18ClN3O3/c20-15-5-3-6-16(19(15)23-8-10-25-11-9-23)22-18(24)13-26-17-7-2-1-4-14(17)12-21/h1-7H,8-11,13H2,(H,22,24). The van der Waals surface area contributed by atoms with Crippen LogP contribution in [0.5, 0.6) is 5.75 Å². The number of nitrogens with one attached hydrogen (secondary N) is 1. The molecule has 0 spiro atoms. The van der Waals surface area contributed by atoms with Crippen molar-refractivity contribution in [3.05, 3.63) is 53.1 Å². The molecule has 0 radical (unpaired) electrons. The summed E-state index contributed by atoms with van der Waals surface area (Å²) in [7, 11) is 0. The Labute approximate surface area is 156 Å². The van der Waals surface area contributed by atoms with Gasteiger partial charge >= 0.3 is 0 Å². The Morgan fingerprint density at radius 3 is 2.77 bits per heavy atom. The summed E-state index contributed by atoms with van der Waals surface area (Å²) >= 11 is 6.36. The van der Waals surface area contributed by atoms with Crippen LogP contribution in [-0.2, 0) is 9.53 Å². The molecule has 1 saturated heterocycles. The number of carbonyl (C=O) groups is 1. The van der Waals surface area contributed by atoms with E-state index in [4.69, 9.17) is 26.3 Å². The van der Waals surface area contributed by atoms with Crippen LogP contribution in [0.25, 0.3) is 0 Å². The van der Waals surface area contributed by atoms with Crippen molar-refractivity contribution in [2.45, 2.75) is 0 Å². The SMILES string of the molecule is N#Cc1ccccc1OCC(=O)Nc1cccc(Cl)c1N1CCOCC1. The summed E-state index contributed by atoms with van der Waals surface area (Å²) in [4.78, 5) is 14.4. The first kappa shape index (κ1) is 18.1. The minimum Gasteiger partial charge on any atom is -0.482 e. The van der Waals surface area contributed by atoms with E-state index in [0.29, 0.717) is 48.3 Å². The molecule has 134 valence electrons. The van der Waals surface area contributed by atoms with Crippen LogP contribution in [0.3, 0.4) is 0 Å². The van der Waals surface area contributed by atoms with E-state index >= 15 is 0 Å². The molecule has 2 aromatic rings. The van der Waals surface area contributed by atoms with Gasteiger partial charge in [-0.3, -0.25) is 4.79 Å². The molecule has 0 bridgehead atoms. The van der Waals surface area contributed by atoms with Gasteiger partial charge in [-0.2, -0.15) is 5.26 Å². The van der Waals surface area contributed by atoms with Gasteiger partial charge < -0.3 is 19.7 Å². The van der Waals surface area contributed by atoms with Crippen LogP contribution in [0, 0.1) is 11.3 Å². The Bertz CT molecular complexity index is 829. The number of amides is 1. The number of para-hydroxylation sites is 2. The topological polar surface area (TPSA) is 74.6 Å². The number of hydrogen-bond acceptors (Lipinski definition) is 5. The van der Waals surface area contributed by atoms with Gasteiger partial charge in [0.15, 0.2) is 6.61 Å². The second-order valence-electron chi connectivity index (χ2n) is 5.68. The Morgan fingerprint density at radius 2 is 2.00 bits per heavy atom. The lowest BCUT2D eigenvalue weighted by atomic mass is 10.2. The predicted molar refractivity (Wildman–Crippen MR) is 99.8 cm³/mol. The highest BCUT2D eigenvalue weighted by atomic mass is 35.5. The molecule has 1 N–H and O–H groups in total. The van der Waals surface area contributed by atoms with Crippen LogP contribution in [-0.4, -0.2) is 38.8 Å². The fourth-order valence-corrected chi connectivity index (χ4v) is 3.03. The van der Waals surface area contributed by atoms with Gasteiger partial charge in [-0.1, -0.05) is 29.8 Å². The highest BCUT2D eigenvalue weighted by Crippen LogP contribution is 2.34. The highest BCUT2D eigenvalue weighted by molar-refractivity contribution is 6.34. The number of ether oxygens (including phenoxy) is 2. The number of halogens is 1. The summed E-state index contributed by atoms with van der Waals surface area (Å²) in [6, 6.07) is 14.2. The molecule has 6 nitrogen and oxygen atoms in total. The first-order valence-electron chi connectivity index (χ1n) is 8.22. The summed E-state index contributed by atoms with van der Waals surface area (Å²) < 4.78 is 10.8. The second kappa shape index (κ2) is 8.56. The highest BCUT2D eigenvalue weighted by Gasteiger charge is 2.19. The predicted octanol–water partition coefficient (Wildman–Crippen LogP) is 3.07. The summed E-state index contributed by atoms with van der Waals surface area (Å²) in [5.41, 5.74) is 1.79. The fourth-order valence-electron chi connectivity index (χ4n) is 2.74. The van der Waals surface area contributed by atoms with Gasteiger partial charge in [0.2, 0.25) is 0 Å². The summed E-state index contributed by atoms with van der Waals surface area (Å²) in [5, 5.41) is 12.5. The zero-order chi connectivity index (χ0) is 18.4. The lowest BCUT2D eigenvalue weighted by Gasteiger charge is -2.31. The second-order valence-corrected chi connectivity index (χ2v) is 6.09. The summed E-state index contributed by atoms with van der Waals surface area (Å²) in [5.74, 6) is 0.0548. The van der Waals surface area contributed by atoms with Crippen molar-refractivity contribution < 1.29 is 14.3 Å². The molecule has 26 heavy (non-hydrogen) atoms. The molecule has 0 unspecified atom stereocenters. The molecule has 1 aliphatic heterocycles. The summed E-state index contributed by atoms with van der Waals surface area (Å²) in [6.45, 7) is 2.45. The van der Waals surface area contributed by atoms with E-state index in [2.05, 4.69) is 10.2 Å². The Kier molecular flexibility index (Phi) is 5.95. The van der Waals surface area contributed by atoms with E-state index in [-0.39, 0.29) is 12.5 Å². The zero-order valence-electron chi connectivity index (χ0n) is 14.1. The molecule has 1 heterocycles. The summed E-state index contributed by atoms with van der Waals surface area (Å²) in [6.07, 6.45) is 0. The maximum Gasteiger partial charge on any atom is 0.262 e. The van der Waals surface area contributed by atoms with Crippen molar-refractivity contribution in [3.63, 3.8) is 0 Å². The molecular formula is C19H18ClN3O3. The maximum absolute atomic E-state index is 12.3. The average molecular weight is 372 g/mol. The molecule has 3 rings (SSSR count).